The third-order valence-electron chi connectivity index (χ3n) is 3.17. The molecule has 5 nitrogen and oxygen atoms in total. The van der Waals surface area contributed by atoms with E-state index in [0.717, 1.165) is 18.0 Å². The minimum Gasteiger partial charge on any atom is -0.383 e. The predicted molar refractivity (Wildman–Crippen MR) is 92.8 cm³/mol. The molecular weight excluding hydrogens is 389 g/mol. The fraction of sp³-hybridized carbons (Fsp3) is 0.615. The van der Waals surface area contributed by atoms with E-state index in [1.54, 1.807) is 6.92 Å². The molecule has 0 spiro atoms. The van der Waals surface area contributed by atoms with Gasteiger partial charge in [0, 0.05) is 18.0 Å². The summed E-state index contributed by atoms with van der Waals surface area (Å²) < 4.78 is 5.46. The highest BCUT2D eigenvalue weighted by molar-refractivity contribution is 14.0. The Hall–Kier alpha value is -0.380. The van der Waals surface area contributed by atoms with Crippen molar-refractivity contribution in [2.24, 2.45) is 10.7 Å². The van der Waals surface area contributed by atoms with E-state index in [0.29, 0.717) is 12.6 Å². The van der Waals surface area contributed by atoms with E-state index in [9.17, 15) is 5.11 Å². The first-order valence-electron chi connectivity index (χ1n) is 6.42. The Morgan fingerprint density at radius 3 is 3.05 bits per heavy atom. The Kier molecular flexibility index (Phi) is 6.70. The quantitative estimate of drug-likeness (QED) is 0.451. The maximum absolute atomic E-state index is 10.4. The fourth-order valence-corrected chi connectivity index (χ4v) is 2.80. The summed E-state index contributed by atoms with van der Waals surface area (Å²) in [5, 5.41) is 12.3. The van der Waals surface area contributed by atoms with Gasteiger partial charge in [0.2, 0.25) is 0 Å². The lowest BCUT2D eigenvalue weighted by molar-refractivity contribution is 0.00500. The zero-order valence-electron chi connectivity index (χ0n) is 11.8. The van der Waals surface area contributed by atoms with E-state index in [4.69, 9.17) is 10.5 Å². The van der Waals surface area contributed by atoms with E-state index >= 15 is 0 Å². The second-order valence-corrected chi connectivity index (χ2v) is 6.00. The van der Waals surface area contributed by atoms with Crippen molar-refractivity contribution in [2.45, 2.75) is 25.6 Å². The Labute approximate surface area is 140 Å². The molecule has 1 aromatic rings. The van der Waals surface area contributed by atoms with Gasteiger partial charge in [-0.05, 0) is 25.3 Å². The number of nitrogens with zero attached hydrogens (tertiary/aromatic N) is 2. The molecule has 0 aromatic carbocycles. The van der Waals surface area contributed by atoms with Crippen LogP contribution in [0.5, 0.6) is 0 Å². The minimum absolute atomic E-state index is 0. The maximum Gasteiger partial charge on any atom is 0.191 e. The zero-order chi connectivity index (χ0) is 13.9. The number of guanidine groups is 1. The highest BCUT2D eigenvalue weighted by Gasteiger charge is 2.25. The molecule has 0 aliphatic carbocycles. The molecule has 1 aliphatic rings. The summed E-state index contributed by atoms with van der Waals surface area (Å²) in [6.07, 6.45) is 0.167. The van der Waals surface area contributed by atoms with E-state index in [-0.39, 0.29) is 36.6 Å². The highest BCUT2D eigenvalue weighted by atomic mass is 127. The van der Waals surface area contributed by atoms with Gasteiger partial charge in [0.15, 0.2) is 5.96 Å². The monoisotopic (exact) mass is 411 g/mol. The first-order valence-corrected chi connectivity index (χ1v) is 7.30. The zero-order valence-corrected chi connectivity index (χ0v) is 14.9. The van der Waals surface area contributed by atoms with Gasteiger partial charge in [0.25, 0.3) is 0 Å². The number of thiophene rings is 1. The molecular formula is C13H22IN3O2S. The molecule has 7 heteroatoms. The molecule has 2 rings (SSSR count). The Bertz CT molecular complexity index is 437. The lowest BCUT2D eigenvalue weighted by atomic mass is 10.1. The van der Waals surface area contributed by atoms with Crippen LogP contribution in [0.3, 0.4) is 0 Å². The van der Waals surface area contributed by atoms with Crippen molar-refractivity contribution in [3.05, 3.63) is 22.4 Å². The Morgan fingerprint density at radius 1 is 1.70 bits per heavy atom. The molecule has 1 aromatic heterocycles. The molecule has 0 amide bonds. The van der Waals surface area contributed by atoms with Crippen LogP contribution in [0.15, 0.2) is 22.5 Å². The molecule has 2 atom stereocenters. The number of rotatable bonds is 3. The van der Waals surface area contributed by atoms with Gasteiger partial charge >= 0.3 is 0 Å². The SMILES string of the molecule is CC1CN(C(N)=NCC(C)(O)c2cccs2)CCO1.I. The smallest absolute Gasteiger partial charge is 0.191 e. The van der Waals surface area contributed by atoms with Crippen molar-refractivity contribution in [3.8, 4) is 0 Å². The molecule has 20 heavy (non-hydrogen) atoms. The first kappa shape index (κ1) is 17.7. The van der Waals surface area contributed by atoms with Gasteiger partial charge in [-0.3, -0.25) is 0 Å². The number of aliphatic hydroxyl groups is 1. The molecule has 3 N–H and O–H groups in total. The lowest BCUT2D eigenvalue weighted by Gasteiger charge is -2.32. The average molecular weight is 411 g/mol. The molecule has 0 saturated carbocycles. The van der Waals surface area contributed by atoms with Crippen molar-refractivity contribution in [2.75, 3.05) is 26.2 Å². The highest BCUT2D eigenvalue weighted by Crippen LogP contribution is 2.25. The van der Waals surface area contributed by atoms with Gasteiger partial charge in [0.1, 0.15) is 5.60 Å². The number of hydrogen-bond donors (Lipinski definition) is 2. The third kappa shape index (κ3) is 4.57. The van der Waals surface area contributed by atoms with Crippen molar-refractivity contribution < 1.29 is 9.84 Å². The Morgan fingerprint density at radius 2 is 2.45 bits per heavy atom. The summed E-state index contributed by atoms with van der Waals surface area (Å²) in [4.78, 5) is 7.23. The summed E-state index contributed by atoms with van der Waals surface area (Å²) in [7, 11) is 0. The van der Waals surface area contributed by atoms with Crippen molar-refractivity contribution in [1.29, 1.82) is 0 Å². The first-order chi connectivity index (χ1) is 8.99. The Balaban J connectivity index is 0.00000200. The summed E-state index contributed by atoms with van der Waals surface area (Å²) in [6.45, 7) is 6.21. The van der Waals surface area contributed by atoms with Crippen LogP contribution in [-0.4, -0.2) is 48.3 Å². The van der Waals surface area contributed by atoms with Gasteiger partial charge in [-0.1, -0.05) is 6.07 Å². The molecule has 114 valence electrons. The van der Waals surface area contributed by atoms with E-state index in [2.05, 4.69) is 4.99 Å². The van der Waals surface area contributed by atoms with E-state index in [1.807, 2.05) is 29.3 Å². The lowest BCUT2D eigenvalue weighted by Crippen LogP contribution is -2.48. The van der Waals surface area contributed by atoms with Gasteiger partial charge < -0.3 is 20.5 Å². The standard InChI is InChI=1S/C13H21N3O2S.HI/c1-10-8-16(5-6-18-10)12(14)15-9-13(2,17)11-4-3-7-19-11;/h3-4,7,10,17H,5-6,8-9H2,1-2H3,(H2,14,15);1H. The van der Waals surface area contributed by atoms with Crippen LogP contribution in [0.4, 0.5) is 0 Å². The van der Waals surface area contributed by atoms with Crippen LogP contribution in [0.25, 0.3) is 0 Å². The number of morpholine rings is 1. The molecule has 0 radical (unpaired) electrons. The van der Waals surface area contributed by atoms with Crippen LogP contribution in [-0.2, 0) is 10.3 Å². The van der Waals surface area contributed by atoms with Gasteiger partial charge in [-0.25, -0.2) is 4.99 Å². The van der Waals surface area contributed by atoms with Crippen molar-refractivity contribution >= 4 is 41.3 Å². The minimum atomic E-state index is -0.962. The van der Waals surface area contributed by atoms with Gasteiger partial charge in [0.05, 0.1) is 19.3 Å². The van der Waals surface area contributed by atoms with Crippen LogP contribution in [0, 0.1) is 0 Å². The van der Waals surface area contributed by atoms with Crippen LogP contribution in [0.2, 0.25) is 0 Å². The second-order valence-electron chi connectivity index (χ2n) is 5.05. The average Bonchev–Trinajstić information content (AvgIpc) is 2.90. The summed E-state index contributed by atoms with van der Waals surface area (Å²) in [5.41, 5.74) is 5.02. The van der Waals surface area contributed by atoms with E-state index in [1.165, 1.54) is 11.3 Å². The number of ether oxygens (including phenoxy) is 1. The third-order valence-corrected chi connectivity index (χ3v) is 4.29. The maximum atomic E-state index is 10.4. The van der Waals surface area contributed by atoms with Gasteiger partial charge in [-0.2, -0.15) is 0 Å². The summed E-state index contributed by atoms with van der Waals surface area (Å²) in [5.74, 6) is 0.479. The van der Waals surface area contributed by atoms with Crippen LogP contribution >= 0.6 is 35.3 Å². The van der Waals surface area contributed by atoms with Crippen LogP contribution in [0.1, 0.15) is 18.7 Å². The number of halogens is 1. The molecule has 1 saturated heterocycles. The summed E-state index contributed by atoms with van der Waals surface area (Å²) >= 11 is 1.52. The largest absolute Gasteiger partial charge is 0.383 e. The van der Waals surface area contributed by atoms with Crippen LogP contribution < -0.4 is 5.73 Å². The molecule has 1 aliphatic heterocycles. The number of hydrogen-bond acceptors (Lipinski definition) is 4. The topological polar surface area (TPSA) is 71.1 Å². The molecule has 1 fully saturated rings. The molecule has 0 bridgehead atoms. The normalized spacial score (nSPS) is 23.1. The number of aliphatic imine (C=N–C) groups is 1. The number of nitrogens with two attached hydrogens (primary N) is 1. The molecule has 2 unspecified atom stereocenters. The van der Waals surface area contributed by atoms with E-state index < -0.39 is 5.60 Å². The summed E-state index contributed by atoms with van der Waals surface area (Å²) in [6, 6.07) is 3.83. The van der Waals surface area contributed by atoms with Crippen molar-refractivity contribution in [3.63, 3.8) is 0 Å². The van der Waals surface area contributed by atoms with Crippen molar-refractivity contribution in [1.82, 2.24) is 4.90 Å². The fourth-order valence-electron chi connectivity index (χ4n) is 2.02. The molecule has 2 heterocycles. The predicted octanol–water partition coefficient (Wildman–Crippen LogP) is 1.61. The van der Waals surface area contributed by atoms with Gasteiger partial charge in [-0.15, -0.1) is 35.3 Å². The second kappa shape index (κ2) is 7.58.